The lowest BCUT2D eigenvalue weighted by Gasteiger charge is -2.14. The van der Waals surface area contributed by atoms with Gasteiger partial charge in [0.15, 0.2) is 0 Å². The molecular weight excluding hydrogens is 296 g/mol. The summed E-state index contributed by atoms with van der Waals surface area (Å²) in [7, 11) is 1.91. The highest BCUT2D eigenvalue weighted by Crippen LogP contribution is 2.23. The third-order valence-corrected chi connectivity index (χ3v) is 2.79. The van der Waals surface area contributed by atoms with Crippen molar-refractivity contribution in [2.24, 2.45) is 5.73 Å². The Morgan fingerprint density at radius 3 is 2.23 bits per heavy atom. The van der Waals surface area contributed by atoms with Gasteiger partial charge in [0.25, 0.3) is 0 Å². The number of likely N-dealkylation sites (N-methyl/N-ethyl adjacent to an activating group) is 1. The number of benzene rings is 1. The Morgan fingerprint density at radius 1 is 1.31 bits per heavy atom. The smallest absolute Gasteiger partial charge is 0.0442 e. The summed E-state index contributed by atoms with van der Waals surface area (Å²) in [5.74, 6) is 0. The normalized spacial score (nSPS) is 12.9. The molecule has 0 amide bonds. The second kappa shape index (κ2) is 5.10. The molecule has 13 heavy (non-hydrogen) atoms. The minimum absolute atomic E-state index is 0.216. The summed E-state index contributed by atoms with van der Waals surface area (Å²) in [6.45, 7) is 0.597. The van der Waals surface area contributed by atoms with Gasteiger partial charge in [-0.05, 0) is 30.8 Å². The minimum atomic E-state index is 0.216. The van der Waals surface area contributed by atoms with Gasteiger partial charge in [-0.3, -0.25) is 0 Å². The largest absolute Gasteiger partial charge is 0.329 e. The molecule has 0 aromatic heterocycles. The van der Waals surface area contributed by atoms with Crippen LogP contribution in [0.1, 0.15) is 11.6 Å². The number of rotatable bonds is 3. The minimum Gasteiger partial charge on any atom is -0.329 e. The van der Waals surface area contributed by atoms with Crippen LogP contribution in [-0.4, -0.2) is 13.6 Å². The summed E-state index contributed by atoms with van der Waals surface area (Å²) >= 11 is 6.88. The SMILES string of the molecule is CNC(CN)c1cc(Br)cc(Br)c1. The first-order valence-corrected chi connectivity index (χ1v) is 5.59. The van der Waals surface area contributed by atoms with Crippen molar-refractivity contribution in [1.82, 2.24) is 5.32 Å². The van der Waals surface area contributed by atoms with Crippen molar-refractivity contribution in [2.45, 2.75) is 6.04 Å². The van der Waals surface area contributed by atoms with E-state index in [9.17, 15) is 0 Å². The molecule has 0 saturated carbocycles. The maximum Gasteiger partial charge on any atom is 0.0442 e. The molecule has 2 nitrogen and oxygen atoms in total. The van der Waals surface area contributed by atoms with E-state index in [1.807, 2.05) is 13.1 Å². The molecule has 1 aromatic rings. The average molecular weight is 308 g/mol. The Balaban J connectivity index is 2.99. The molecule has 0 spiro atoms. The van der Waals surface area contributed by atoms with E-state index in [2.05, 4.69) is 49.3 Å². The summed E-state index contributed by atoms with van der Waals surface area (Å²) in [5.41, 5.74) is 6.81. The van der Waals surface area contributed by atoms with Crippen molar-refractivity contribution < 1.29 is 0 Å². The van der Waals surface area contributed by atoms with Crippen LogP contribution in [0.4, 0.5) is 0 Å². The van der Waals surface area contributed by atoms with Gasteiger partial charge in [0.05, 0.1) is 0 Å². The van der Waals surface area contributed by atoms with Gasteiger partial charge in [-0.1, -0.05) is 31.9 Å². The predicted molar refractivity (Wildman–Crippen MR) is 62.7 cm³/mol. The molecule has 0 heterocycles. The fourth-order valence-corrected chi connectivity index (χ4v) is 2.53. The summed E-state index contributed by atoms with van der Waals surface area (Å²) in [5, 5.41) is 3.16. The summed E-state index contributed by atoms with van der Waals surface area (Å²) < 4.78 is 2.12. The van der Waals surface area contributed by atoms with Gasteiger partial charge >= 0.3 is 0 Å². The Kier molecular flexibility index (Phi) is 4.38. The Labute approximate surface area is 95.2 Å². The van der Waals surface area contributed by atoms with Crippen molar-refractivity contribution in [1.29, 1.82) is 0 Å². The third kappa shape index (κ3) is 3.06. The fraction of sp³-hybridized carbons (Fsp3) is 0.333. The molecule has 1 atom stereocenters. The first-order chi connectivity index (χ1) is 6.17. The monoisotopic (exact) mass is 306 g/mol. The third-order valence-electron chi connectivity index (χ3n) is 1.87. The molecule has 0 saturated heterocycles. The Morgan fingerprint density at radius 2 is 1.85 bits per heavy atom. The molecule has 4 heteroatoms. The number of nitrogens with one attached hydrogen (secondary N) is 1. The highest BCUT2D eigenvalue weighted by Gasteiger charge is 2.07. The molecule has 1 rings (SSSR count). The highest BCUT2D eigenvalue weighted by molar-refractivity contribution is 9.11. The molecule has 0 fully saturated rings. The zero-order valence-electron chi connectivity index (χ0n) is 7.35. The molecule has 0 aliphatic carbocycles. The zero-order valence-corrected chi connectivity index (χ0v) is 10.5. The van der Waals surface area contributed by atoms with E-state index in [1.165, 1.54) is 5.56 Å². The average Bonchev–Trinajstić information content (AvgIpc) is 2.04. The summed E-state index contributed by atoms with van der Waals surface area (Å²) in [4.78, 5) is 0. The Hall–Kier alpha value is 0.1000. The molecule has 1 aromatic carbocycles. The number of hydrogen-bond donors (Lipinski definition) is 2. The van der Waals surface area contributed by atoms with Gasteiger partial charge in [0, 0.05) is 21.5 Å². The van der Waals surface area contributed by atoms with Gasteiger partial charge in [0.2, 0.25) is 0 Å². The van der Waals surface area contributed by atoms with Crippen LogP contribution in [-0.2, 0) is 0 Å². The molecule has 3 N–H and O–H groups in total. The maximum atomic E-state index is 5.62. The fourth-order valence-electron chi connectivity index (χ4n) is 1.20. The van der Waals surface area contributed by atoms with Crippen LogP contribution in [0.25, 0.3) is 0 Å². The van der Waals surface area contributed by atoms with E-state index >= 15 is 0 Å². The van der Waals surface area contributed by atoms with Crippen LogP contribution in [0.2, 0.25) is 0 Å². The van der Waals surface area contributed by atoms with Crippen molar-refractivity contribution in [2.75, 3.05) is 13.6 Å². The van der Waals surface area contributed by atoms with E-state index < -0.39 is 0 Å². The number of hydrogen-bond acceptors (Lipinski definition) is 2. The molecule has 0 aliphatic heterocycles. The second-order valence-corrected chi connectivity index (χ2v) is 4.61. The Bertz CT molecular complexity index is 265. The van der Waals surface area contributed by atoms with Gasteiger partial charge in [-0.25, -0.2) is 0 Å². The zero-order chi connectivity index (χ0) is 9.84. The molecule has 0 aliphatic rings. The first-order valence-electron chi connectivity index (χ1n) is 4.00. The van der Waals surface area contributed by atoms with E-state index in [1.54, 1.807) is 0 Å². The molecule has 72 valence electrons. The van der Waals surface area contributed by atoms with Gasteiger partial charge in [-0.2, -0.15) is 0 Å². The lowest BCUT2D eigenvalue weighted by Crippen LogP contribution is -2.24. The van der Waals surface area contributed by atoms with Crippen LogP contribution in [0.5, 0.6) is 0 Å². The molecular formula is C9H12Br2N2. The van der Waals surface area contributed by atoms with E-state index in [0.29, 0.717) is 6.54 Å². The van der Waals surface area contributed by atoms with Crippen LogP contribution < -0.4 is 11.1 Å². The van der Waals surface area contributed by atoms with E-state index in [-0.39, 0.29) is 6.04 Å². The van der Waals surface area contributed by atoms with Crippen LogP contribution in [0.15, 0.2) is 27.1 Å². The predicted octanol–water partition coefficient (Wildman–Crippen LogP) is 2.43. The number of nitrogens with two attached hydrogens (primary N) is 1. The topological polar surface area (TPSA) is 38.0 Å². The number of halogens is 2. The lowest BCUT2D eigenvalue weighted by atomic mass is 10.1. The second-order valence-electron chi connectivity index (χ2n) is 2.78. The lowest BCUT2D eigenvalue weighted by molar-refractivity contribution is 0.605. The summed E-state index contributed by atoms with van der Waals surface area (Å²) in [6.07, 6.45) is 0. The van der Waals surface area contributed by atoms with E-state index in [0.717, 1.165) is 8.95 Å². The quantitative estimate of drug-likeness (QED) is 0.900. The first kappa shape index (κ1) is 11.2. The van der Waals surface area contributed by atoms with Crippen LogP contribution in [0.3, 0.4) is 0 Å². The highest BCUT2D eigenvalue weighted by atomic mass is 79.9. The van der Waals surface area contributed by atoms with Crippen molar-refractivity contribution in [3.8, 4) is 0 Å². The van der Waals surface area contributed by atoms with Gasteiger partial charge in [0.1, 0.15) is 0 Å². The van der Waals surface area contributed by atoms with Gasteiger partial charge < -0.3 is 11.1 Å². The van der Waals surface area contributed by atoms with Gasteiger partial charge in [-0.15, -0.1) is 0 Å². The molecule has 0 bridgehead atoms. The van der Waals surface area contributed by atoms with Crippen molar-refractivity contribution in [3.63, 3.8) is 0 Å². The van der Waals surface area contributed by atoms with Crippen LogP contribution >= 0.6 is 31.9 Å². The van der Waals surface area contributed by atoms with Crippen molar-refractivity contribution in [3.05, 3.63) is 32.7 Å². The van der Waals surface area contributed by atoms with Crippen LogP contribution in [0, 0.1) is 0 Å². The maximum absolute atomic E-state index is 5.62. The molecule has 0 radical (unpaired) electrons. The summed E-state index contributed by atoms with van der Waals surface area (Å²) in [6, 6.07) is 6.36. The standard InChI is InChI=1S/C9H12Br2N2/c1-13-9(5-12)6-2-7(10)4-8(11)3-6/h2-4,9,13H,5,12H2,1H3. The molecule has 1 unspecified atom stereocenters. The van der Waals surface area contributed by atoms with Crippen molar-refractivity contribution >= 4 is 31.9 Å². The van der Waals surface area contributed by atoms with E-state index in [4.69, 9.17) is 5.73 Å².